The highest BCUT2D eigenvalue weighted by molar-refractivity contribution is 5.71. The molecule has 0 bridgehead atoms. The number of benzene rings is 2. The predicted molar refractivity (Wildman–Crippen MR) is 115 cm³/mol. The van der Waals surface area contributed by atoms with E-state index in [0.717, 1.165) is 17.8 Å². The molecule has 0 aromatic heterocycles. The van der Waals surface area contributed by atoms with Crippen LogP contribution in [0.25, 0.3) is 0 Å². The van der Waals surface area contributed by atoms with Crippen molar-refractivity contribution in [1.29, 1.82) is 0 Å². The lowest BCUT2D eigenvalue weighted by Crippen LogP contribution is -2.20. The molecule has 0 heterocycles. The normalized spacial score (nSPS) is 12.6. The van der Waals surface area contributed by atoms with E-state index in [2.05, 4.69) is 34.9 Å². The molecule has 2 aromatic rings. The van der Waals surface area contributed by atoms with Crippen LogP contribution >= 0.6 is 0 Å². The zero-order valence-electron chi connectivity index (χ0n) is 17.5. The zero-order valence-corrected chi connectivity index (χ0v) is 17.5. The summed E-state index contributed by atoms with van der Waals surface area (Å²) in [4.78, 5) is 22.7. The largest absolute Gasteiger partial charge is 0.469 e. The molecule has 2 aromatic carbocycles. The van der Waals surface area contributed by atoms with Gasteiger partial charge in [0.2, 0.25) is 0 Å². The van der Waals surface area contributed by atoms with Gasteiger partial charge < -0.3 is 20.1 Å². The first-order valence-corrected chi connectivity index (χ1v) is 9.74. The van der Waals surface area contributed by atoms with Crippen LogP contribution in [0, 0.1) is 0 Å². The van der Waals surface area contributed by atoms with E-state index in [9.17, 15) is 9.59 Å². The van der Waals surface area contributed by atoms with E-state index in [0.29, 0.717) is 12.8 Å². The van der Waals surface area contributed by atoms with Crippen molar-refractivity contribution in [2.45, 2.75) is 45.2 Å². The summed E-state index contributed by atoms with van der Waals surface area (Å²) in [6.45, 7) is 3.90. The molecule has 0 amide bonds. The Balaban J connectivity index is 1.86. The molecule has 6 heteroatoms. The molecule has 0 saturated carbocycles. The number of ether oxygens (including phenoxy) is 2. The van der Waals surface area contributed by atoms with Crippen molar-refractivity contribution in [3.05, 3.63) is 59.7 Å². The van der Waals surface area contributed by atoms with Crippen molar-refractivity contribution in [3.63, 3.8) is 0 Å². The van der Waals surface area contributed by atoms with E-state index in [1.165, 1.54) is 25.3 Å². The highest BCUT2D eigenvalue weighted by Gasteiger charge is 2.10. The first-order valence-electron chi connectivity index (χ1n) is 9.74. The van der Waals surface area contributed by atoms with E-state index in [1.807, 2.05) is 38.1 Å². The van der Waals surface area contributed by atoms with Crippen LogP contribution in [-0.2, 0) is 25.5 Å². The van der Waals surface area contributed by atoms with Crippen molar-refractivity contribution >= 4 is 23.3 Å². The summed E-state index contributed by atoms with van der Waals surface area (Å²) in [7, 11) is 2.80. The van der Waals surface area contributed by atoms with Gasteiger partial charge in [0.1, 0.15) is 0 Å². The number of methoxy groups -OCH3 is 2. The Morgan fingerprint density at radius 1 is 0.724 bits per heavy atom. The molecule has 2 rings (SSSR count). The number of carbonyl (C=O) groups is 2. The first kappa shape index (κ1) is 22.3. The molecule has 2 N–H and O–H groups in total. The van der Waals surface area contributed by atoms with E-state index in [-0.39, 0.29) is 24.0 Å². The van der Waals surface area contributed by atoms with Gasteiger partial charge in [0.15, 0.2) is 0 Å². The Labute approximate surface area is 172 Å². The van der Waals surface area contributed by atoms with Crippen LogP contribution in [0.15, 0.2) is 48.5 Å². The van der Waals surface area contributed by atoms with Gasteiger partial charge in [-0.2, -0.15) is 0 Å². The monoisotopic (exact) mass is 398 g/mol. The minimum atomic E-state index is -0.223. The van der Waals surface area contributed by atoms with Gasteiger partial charge in [-0.05, 0) is 55.7 Å². The van der Waals surface area contributed by atoms with Crippen LogP contribution in [0.1, 0.15) is 37.8 Å². The highest BCUT2D eigenvalue weighted by Crippen LogP contribution is 2.17. The summed E-state index contributed by atoms with van der Waals surface area (Å²) in [5.74, 6) is -0.446. The lowest BCUT2D eigenvalue weighted by molar-refractivity contribution is -0.141. The molecular weight excluding hydrogens is 368 g/mol. The average molecular weight is 399 g/mol. The summed E-state index contributed by atoms with van der Waals surface area (Å²) in [5, 5.41) is 6.60. The molecule has 0 saturated heterocycles. The van der Waals surface area contributed by atoms with Crippen LogP contribution in [-0.4, -0.2) is 38.2 Å². The number of carbonyl (C=O) groups excluding carboxylic acids is 2. The summed E-state index contributed by atoms with van der Waals surface area (Å²) in [6, 6.07) is 16.4. The number of hydrogen-bond acceptors (Lipinski definition) is 6. The number of esters is 2. The number of nitrogens with one attached hydrogen (secondary N) is 2. The van der Waals surface area contributed by atoms with Crippen molar-refractivity contribution in [2.24, 2.45) is 0 Å². The van der Waals surface area contributed by atoms with Crippen molar-refractivity contribution in [1.82, 2.24) is 0 Å². The Bertz CT molecular complexity index is 720. The van der Waals surface area contributed by atoms with Crippen LogP contribution in [0.3, 0.4) is 0 Å². The zero-order chi connectivity index (χ0) is 21.2. The lowest BCUT2D eigenvalue weighted by Gasteiger charge is -2.15. The lowest BCUT2D eigenvalue weighted by atomic mass is 10.0. The maximum absolute atomic E-state index is 11.3. The molecule has 0 fully saturated rings. The van der Waals surface area contributed by atoms with Crippen LogP contribution in [0.4, 0.5) is 11.4 Å². The van der Waals surface area contributed by atoms with Gasteiger partial charge >= 0.3 is 11.9 Å². The molecule has 0 radical (unpaired) electrons. The second kappa shape index (κ2) is 11.1. The fraction of sp³-hybridized carbons (Fsp3) is 0.391. The van der Waals surface area contributed by atoms with Gasteiger partial charge in [0.05, 0.1) is 27.1 Å². The Morgan fingerprint density at radius 2 is 1.07 bits per heavy atom. The van der Waals surface area contributed by atoms with Gasteiger partial charge in [0, 0.05) is 23.5 Å². The van der Waals surface area contributed by atoms with E-state index in [4.69, 9.17) is 9.47 Å². The van der Waals surface area contributed by atoms with Gasteiger partial charge in [0.25, 0.3) is 0 Å². The third-order valence-electron chi connectivity index (χ3n) is 4.54. The topological polar surface area (TPSA) is 76.7 Å². The van der Waals surface area contributed by atoms with E-state index >= 15 is 0 Å². The molecule has 0 aliphatic carbocycles. The Hall–Kier alpha value is -3.02. The summed E-state index contributed by atoms with van der Waals surface area (Å²) < 4.78 is 9.38. The van der Waals surface area contributed by atoms with Crippen molar-refractivity contribution in [2.75, 3.05) is 24.9 Å². The van der Waals surface area contributed by atoms with Crippen LogP contribution in [0.2, 0.25) is 0 Å². The Morgan fingerprint density at radius 3 is 1.38 bits per heavy atom. The third kappa shape index (κ3) is 7.86. The molecule has 0 spiro atoms. The summed E-state index contributed by atoms with van der Waals surface area (Å²) >= 11 is 0. The molecule has 0 aliphatic rings. The van der Waals surface area contributed by atoms with Gasteiger partial charge in [-0.25, -0.2) is 0 Å². The fourth-order valence-electron chi connectivity index (χ4n) is 3.01. The van der Waals surface area contributed by atoms with Crippen LogP contribution in [0.5, 0.6) is 0 Å². The molecule has 0 unspecified atom stereocenters. The summed E-state index contributed by atoms with van der Waals surface area (Å²) in [6.07, 6.45) is 1.49. The second-order valence-corrected chi connectivity index (χ2v) is 7.22. The van der Waals surface area contributed by atoms with Crippen molar-refractivity contribution < 1.29 is 19.1 Å². The number of rotatable bonds is 10. The molecular formula is C23H30N2O4. The standard InChI is InChI=1S/C23H30N2O4/c1-16(13-22(26)28-3)24-20-9-5-18(6-10-20)15-19-7-11-21(12-8-19)25-17(2)14-23(27)29-4/h5-12,16-17,24-25H,13-15H2,1-4H3/t16-,17-/m1/s1. The number of hydrogen-bond donors (Lipinski definition) is 2. The fourth-order valence-corrected chi connectivity index (χ4v) is 3.01. The molecule has 29 heavy (non-hydrogen) atoms. The summed E-state index contributed by atoms with van der Waals surface area (Å²) in [5.41, 5.74) is 4.36. The molecule has 2 atom stereocenters. The van der Waals surface area contributed by atoms with Crippen LogP contribution < -0.4 is 10.6 Å². The third-order valence-corrected chi connectivity index (χ3v) is 4.54. The second-order valence-electron chi connectivity index (χ2n) is 7.22. The number of anilines is 2. The predicted octanol–water partition coefficient (Wildman–Crippen LogP) is 4.00. The first-order chi connectivity index (χ1) is 13.9. The minimum Gasteiger partial charge on any atom is -0.469 e. The smallest absolute Gasteiger partial charge is 0.307 e. The maximum atomic E-state index is 11.3. The van der Waals surface area contributed by atoms with Gasteiger partial charge in [-0.1, -0.05) is 24.3 Å². The van der Waals surface area contributed by atoms with E-state index in [1.54, 1.807) is 0 Å². The molecule has 6 nitrogen and oxygen atoms in total. The maximum Gasteiger partial charge on any atom is 0.307 e. The average Bonchev–Trinajstić information content (AvgIpc) is 2.70. The quantitative estimate of drug-likeness (QED) is 0.589. The minimum absolute atomic E-state index is 0.00918. The molecule has 156 valence electrons. The van der Waals surface area contributed by atoms with Gasteiger partial charge in [-0.15, -0.1) is 0 Å². The SMILES string of the molecule is COC(=O)C[C@@H](C)Nc1ccc(Cc2ccc(N[C@H](C)CC(=O)OC)cc2)cc1. The molecule has 0 aliphatic heterocycles. The van der Waals surface area contributed by atoms with Gasteiger partial charge in [-0.3, -0.25) is 9.59 Å². The Kier molecular flexibility index (Phi) is 8.52. The van der Waals surface area contributed by atoms with E-state index < -0.39 is 0 Å². The van der Waals surface area contributed by atoms with Crippen molar-refractivity contribution in [3.8, 4) is 0 Å². The highest BCUT2D eigenvalue weighted by atomic mass is 16.5.